The van der Waals surface area contributed by atoms with Crippen LogP contribution in [0, 0.1) is 13.8 Å². The van der Waals surface area contributed by atoms with Gasteiger partial charge >= 0.3 is 0 Å². The van der Waals surface area contributed by atoms with Gasteiger partial charge in [0, 0.05) is 5.69 Å². The summed E-state index contributed by atoms with van der Waals surface area (Å²) in [5.74, 6) is -0.635. The number of rotatable bonds is 1. The van der Waals surface area contributed by atoms with Crippen LogP contribution in [-0.2, 0) is 0 Å². The topological polar surface area (TPSA) is 106 Å². The number of aromatic nitrogens is 4. The van der Waals surface area contributed by atoms with Crippen molar-refractivity contribution in [3.63, 3.8) is 0 Å². The van der Waals surface area contributed by atoms with Gasteiger partial charge in [-0.15, -0.1) is 10.2 Å². The van der Waals surface area contributed by atoms with Gasteiger partial charge in [-0.2, -0.15) is 4.52 Å². The van der Waals surface area contributed by atoms with Crippen LogP contribution in [-0.4, -0.2) is 25.7 Å². The number of carbonyl (C=O) groups is 1. The summed E-state index contributed by atoms with van der Waals surface area (Å²) in [5, 5.41) is 10.1. The van der Waals surface area contributed by atoms with Crippen LogP contribution in [0.3, 0.4) is 0 Å². The Morgan fingerprint density at radius 3 is 2.67 bits per heavy atom. The third-order valence-electron chi connectivity index (χ3n) is 2.14. The van der Waals surface area contributed by atoms with Crippen LogP contribution in [0.25, 0.3) is 5.65 Å². The molecule has 0 bridgehead atoms. The Balaban J connectivity index is 2.98. The second kappa shape index (κ2) is 2.91. The van der Waals surface area contributed by atoms with Gasteiger partial charge in [0.1, 0.15) is 11.3 Å². The summed E-state index contributed by atoms with van der Waals surface area (Å²) < 4.78 is 1.16. The number of H-pyrrole nitrogens is 1. The molecular formula is C8H9N5O2. The van der Waals surface area contributed by atoms with Crippen LogP contribution in [0.1, 0.15) is 21.7 Å². The third kappa shape index (κ3) is 1.20. The molecule has 2 aromatic rings. The highest BCUT2D eigenvalue weighted by atomic mass is 16.1. The molecule has 78 valence electrons. The van der Waals surface area contributed by atoms with E-state index in [1.165, 1.54) is 0 Å². The molecule has 2 aromatic heterocycles. The van der Waals surface area contributed by atoms with E-state index in [0.717, 1.165) is 4.52 Å². The van der Waals surface area contributed by atoms with Crippen molar-refractivity contribution < 1.29 is 4.79 Å². The lowest BCUT2D eigenvalue weighted by Gasteiger charge is -1.93. The Morgan fingerprint density at radius 1 is 1.40 bits per heavy atom. The Morgan fingerprint density at radius 2 is 2.07 bits per heavy atom. The Hall–Kier alpha value is -2.18. The molecular weight excluding hydrogens is 198 g/mol. The van der Waals surface area contributed by atoms with Crippen molar-refractivity contribution in [2.45, 2.75) is 13.8 Å². The smallest absolute Gasteiger partial charge is 0.294 e. The van der Waals surface area contributed by atoms with Crippen LogP contribution >= 0.6 is 0 Å². The average molecular weight is 207 g/mol. The first-order chi connectivity index (χ1) is 7.02. The molecule has 7 heteroatoms. The summed E-state index contributed by atoms with van der Waals surface area (Å²) in [7, 11) is 0. The average Bonchev–Trinajstić information content (AvgIpc) is 2.49. The molecule has 0 aliphatic rings. The summed E-state index contributed by atoms with van der Waals surface area (Å²) in [5.41, 5.74) is 5.94. The van der Waals surface area contributed by atoms with Crippen molar-refractivity contribution in [1.82, 2.24) is 19.8 Å². The van der Waals surface area contributed by atoms with E-state index < -0.39 is 5.91 Å². The number of carbonyl (C=O) groups excluding carboxylic acids is 1. The van der Waals surface area contributed by atoms with Gasteiger partial charge in [0.15, 0.2) is 5.65 Å². The van der Waals surface area contributed by atoms with Gasteiger partial charge in [-0.3, -0.25) is 14.7 Å². The predicted octanol–water partition coefficient (Wildman–Crippen LogP) is -0.867. The highest BCUT2D eigenvalue weighted by Gasteiger charge is 2.16. The Bertz CT molecular complexity index is 609. The first kappa shape index (κ1) is 9.38. The van der Waals surface area contributed by atoms with E-state index in [9.17, 15) is 9.59 Å². The van der Waals surface area contributed by atoms with E-state index >= 15 is 0 Å². The van der Waals surface area contributed by atoms with E-state index in [2.05, 4.69) is 15.3 Å². The van der Waals surface area contributed by atoms with Crippen LogP contribution in [0.5, 0.6) is 0 Å². The first-order valence-corrected chi connectivity index (χ1v) is 4.26. The fraction of sp³-hybridized carbons (Fsp3) is 0.250. The Kier molecular flexibility index (Phi) is 1.82. The number of aromatic amines is 1. The van der Waals surface area contributed by atoms with Gasteiger partial charge in [0.2, 0.25) is 0 Å². The number of primary amides is 1. The molecule has 0 radical (unpaired) electrons. The molecule has 2 heterocycles. The lowest BCUT2D eigenvalue weighted by molar-refractivity contribution is 0.100. The van der Waals surface area contributed by atoms with Gasteiger partial charge in [0.25, 0.3) is 11.5 Å². The molecule has 0 fully saturated rings. The monoisotopic (exact) mass is 207 g/mol. The van der Waals surface area contributed by atoms with E-state index in [1.807, 2.05) is 0 Å². The van der Waals surface area contributed by atoms with Crippen molar-refractivity contribution in [1.29, 1.82) is 0 Å². The van der Waals surface area contributed by atoms with Gasteiger partial charge in [-0.25, -0.2) is 0 Å². The lowest BCUT2D eigenvalue weighted by Crippen LogP contribution is -2.20. The zero-order chi connectivity index (χ0) is 11.2. The maximum atomic E-state index is 11.6. The minimum atomic E-state index is -0.635. The summed E-state index contributed by atoms with van der Waals surface area (Å²) in [6.07, 6.45) is 0. The molecule has 0 atom stereocenters. The van der Waals surface area contributed by atoms with Crippen molar-refractivity contribution >= 4 is 11.6 Å². The van der Waals surface area contributed by atoms with Gasteiger partial charge < -0.3 is 5.73 Å². The number of nitrogens with two attached hydrogens (primary N) is 1. The van der Waals surface area contributed by atoms with Crippen molar-refractivity contribution in [3.05, 3.63) is 27.3 Å². The van der Waals surface area contributed by atoms with Crippen molar-refractivity contribution in [3.8, 4) is 0 Å². The van der Waals surface area contributed by atoms with E-state index in [4.69, 9.17) is 5.73 Å². The zero-order valence-corrected chi connectivity index (χ0v) is 8.24. The molecule has 3 N–H and O–H groups in total. The molecule has 2 rings (SSSR count). The number of nitrogens with one attached hydrogen (secondary N) is 1. The molecule has 1 amide bonds. The summed E-state index contributed by atoms with van der Waals surface area (Å²) >= 11 is 0. The minimum absolute atomic E-state index is 0.163. The standard InChI is InChI=1S/C8H9N5O2/c1-3-5(6(9)14)7-11-10-4(2)8(15)13(7)12-3/h12H,1-2H3,(H2,9,14). The van der Waals surface area contributed by atoms with Crippen molar-refractivity contribution in [2.75, 3.05) is 0 Å². The normalized spacial score (nSPS) is 10.8. The number of nitrogens with zero attached hydrogens (tertiary/aromatic N) is 3. The van der Waals surface area contributed by atoms with Gasteiger partial charge in [0.05, 0.1) is 0 Å². The molecule has 0 spiro atoms. The number of aryl methyl sites for hydroxylation is 2. The second-order valence-corrected chi connectivity index (χ2v) is 3.23. The molecule has 0 saturated heterocycles. The molecule has 15 heavy (non-hydrogen) atoms. The lowest BCUT2D eigenvalue weighted by atomic mass is 10.2. The fourth-order valence-electron chi connectivity index (χ4n) is 1.42. The zero-order valence-electron chi connectivity index (χ0n) is 8.24. The van der Waals surface area contributed by atoms with Gasteiger partial charge in [-0.05, 0) is 13.8 Å². The van der Waals surface area contributed by atoms with E-state index in [-0.39, 0.29) is 22.5 Å². The molecule has 0 aromatic carbocycles. The van der Waals surface area contributed by atoms with Crippen LogP contribution in [0.15, 0.2) is 4.79 Å². The maximum absolute atomic E-state index is 11.6. The maximum Gasteiger partial charge on any atom is 0.294 e. The summed E-state index contributed by atoms with van der Waals surface area (Å²) in [6.45, 7) is 3.19. The predicted molar refractivity (Wildman–Crippen MR) is 51.6 cm³/mol. The third-order valence-corrected chi connectivity index (χ3v) is 2.14. The number of fused-ring (bicyclic) bond motifs is 1. The van der Waals surface area contributed by atoms with Gasteiger partial charge in [-0.1, -0.05) is 0 Å². The largest absolute Gasteiger partial charge is 0.365 e. The SMILES string of the molecule is Cc1[nH]n2c(=O)c(C)nnc2c1C(N)=O. The molecule has 0 aliphatic carbocycles. The summed E-state index contributed by atoms with van der Waals surface area (Å²) in [4.78, 5) is 22.7. The first-order valence-electron chi connectivity index (χ1n) is 4.26. The van der Waals surface area contributed by atoms with Crippen molar-refractivity contribution in [2.24, 2.45) is 5.73 Å². The van der Waals surface area contributed by atoms with E-state index in [1.54, 1.807) is 13.8 Å². The highest BCUT2D eigenvalue weighted by Crippen LogP contribution is 2.09. The van der Waals surface area contributed by atoms with Crippen LogP contribution < -0.4 is 11.3 Å². The quantitative estimate of drug-likeness (QED) is 0.634. The molecule has 0 aliphatic heterocycles. The molecule has 7 nitrogen and oxygen atoms in total. The van der Waals surface area contributed by atoms with E-state index in [0.29, 0.717) is 5.69 Å². The molecule has 0 unspecified atom stereocenters. The number of amides is 1. The van der Waals surface area contributed by atoms with Crippen LogP contribution in [0.4, 0.5) is 0 Å². The van der Waals surface area contributed by atoms with Crippen LogP contribution in [0.2, 0.25) is 0 Å². The fourth-order valence-corrected chi connectivity index (χ4v) is 1.42. The molecule has 0 saturated carbocycles. The second-order valence-electron chi connectivity index (χ2n) is 3.23. The minimum Gasteiger partial charge on any atom is -0.365 e. The number of hydrogen-bond donors (Lipinski definition) is 2. The Labute approximate surface area is 83.9 Å². The highest BCUT2D eigenvalue weighted by molar-refractivity contribution is 5.99. The number of hydrogen-bond acceptors (Lipinski definition) is 4. The summed E-state index contributed by atoms with van der Waals surface area (Å²) in [6, 6.07) is 0.